The van der Waals surface area contributed by atoms with E-state index in [1.807, 2.05) is 6.07 Å². The van der Waals surface area contributed by atoms with Gasteiger partial charge in [-0.25, -0.2) is 8.42 Å². The standard InChI is InChI=1S/C17H14BrClN2O3S/c1-17(2,25(23,24)14-6-3-12(18)4-7-14)16(22)21-13-5-8-15(19)11(9-13)10-20/h3-9H,1-2H3,(H,21,22). The molecule has 25 heavy (non-hydrogen) atoms. The molecule has 1 amide bonds. The first kappa shape index (κ1) is 19.4. The predicted octanol–water partition coefficient (Wildman–Crippen LogP) is 4.17. The van der Waals surface area contributed by atoms with Crippen molar-refractivity contribution in [2.24, 2.45) is 0 Å². The third-order valence-corrected chi connectivity index (χ3v) is 6.97. The summed E-state index contributed by atoms with van der Waals surface area (Å²) in [7, 11) is -3.92. The highest BCUT2D eigenvalue weighted by molar-refractivity contribution is 9.10. The van der Waals surface area contributed by atoms with Gasteiger partial charge in [0.05, 0.1) is 15.5 Å². The molecule has 2 aromatic rings. The summed E-state index contributed by atoms with van der Waals surface area (Å²) >= 11 is 9.10. The minimum Gasteiger partial charge on any atom is -0.325 e. The fraction of sp³-hybridized carbons (Fsp3) is 0.176. The Morgan fingerprint density at radius 1 is 1.20 bits per heavy atom. The van der Waals surface area contributed by atoms with E-state index in [-0.39, 0.29) is 15.5 Å². The number of hydrogen-bond acceptors (Lipinski definition) is 4. The molecule has 0 unspecified atom stereocenters. The lowest BCUT2D eigenvalue weighted by Crippen LogP contribution is -2.44. The molecule has 0 atom stereocenters. The molecule has 0 heterocycles. The minimum atomic E-state index is -3.92. The molecule has 8 heteroatoms. The number of amides is 1. The maximum atomic E-state index is 12.8. The number of benzene rings is 2. The zero-order chi connectivity index (χ0) is 18.8. The van der Waals surface area contributed by atoms with Gasteiger partial charge in [0.2, 0.25) is 5.91 Å². The van der Waals surface area contributed by atoms with E-state index in [0.29, 0.717) is 5.69 Å². The number of sulfone groups is 1. The van der Waals surface area contributed by atoms with E-state index in [4.69, 9.17) is 16.9 Å². The van der Waals surface area contributed by atoms with Gasteiger partial charge in [0.1, 0.15) is 10.8 Å². The van der Waals surface area contributed by atoms with Crippen molar-refractivity contribution >= 4 is 49.0 Å². The SMILES string of the molecule is CC(C)(C(=O)Nc1ccc(Cl)c(C#N)c1)S(=O)(=O)c1ccc(Br)cc1. The highest BCUT2D eigenvalue weighted by atomic mass is 79.9. The number of nitrogens with zero attached hydrogens (tertiary/aromatic N) is 1. The van der Waals surface area contributed by atoms with Crippen molar-refractivity contribution in [2.45, 2.75) is 23.5 Å². The number of rotatable bonds is 4. The molecule has 130 valence electrons. The second-order valence-electron chi connectivity index (χ2n) is 5.73. The Labute approximate surface area is 159 Å². The largest absolute Gasteiger partial charge is 0.325 e. The van der Waals surface area contributed by atoms with E-state index in [2.05, 4.69) is 21.2 Å². The third-order valence-electron chi connectivity index (χ3n) is 3.69. The van der Waals surface area contributed by atoms with Crippen LogP contribution in [0.15, 0.2) is 51.8 Å². The number of hydrogen-bond donors (Lipinski definition) is 1. The molecule has 2 rings (SSSR count). The Morgan fingerprint density at radius 3 is 2.36 bits per heavy atom. The Morgan fingerprint density at radius 2 is 1.80 bits per heavy atom. The van der Waals surface area contributed by atoms with E-state index in [1.165, 1.54) is 44.2 Å². The van der Waals surface area contributed by atoms with Gasteiger partial charge in [-0.2, -0.15) is 5.26 Å². The van der Waals surface area contributed by atoms with Crippen LogP contribution >= 0.6 is 27.5 Å². The maximum Gasteiger partial charge on any atom is 0.245 e. The van der Waals surface area contributed by atoms with Crippen molar-refractivity contribution in [3.05, 3.63) is 57.5 Å². The van der Waals surface area contributed by atoms with Gasteiger partial charge in [0, 0.05) is 10.2 Å². The lowest BCUT2D eigenvalue weighted by atomic mass is 10.1. The van der Waals surface area contributed by atoms with Gasteiger partial charge in [0.15, 0.2) is 9.84 Å². The molecule has 0 saturated carbocycles. The average molecular weight is 442 g/mol. The highest BCUT2D eigenvalue weighted by Gasteiger charge is 2.42. The first-order chi connectivity index (χ1) is 11.6. The van der Waals surface area contributed by atoms with Crippen LogP contribution in [0.4, 0.5) is 5.69 Å². The molecule has 1 N–H and O–H groups in total. The lowest BCUT2D eigenvalue weighted by molar-refractivity contribution is -0.117. The van der Waals surface area contributed by atoms with E-state index in [9.17, 15) is 13.2 Å². The molecule has 0 saturated heterocycles. The van der Waals surface area contributed by atoms with Crippen molar-refractivity contribution in [2.75, 3.05) is 5.32 Å². The summed E-state index contributed by atoms with van der Waals surface area (Å²) in [6.07, 6.45) is 0. The quantitative estimate of drug-likeness (QED) is 0.771. The molecule has 2 aromatic carbocycles. The van der Waals surface area contributed by atoms with Gasteiger partial charge in [-0.05, 0) is 56.3 Å². The van der Waals surface area contributed by atoms with Gasteiger partial charge in [-0.15, -0.1) is 0 Å². The maximum absolute atomic E-state index is 12.8. The van der Waals surface area contributed by atoms with Crippen LogP contribution < -0.4 is 5.32 Å². The number of carbonyl (C=O) groups is 1. The van der Waals surface area contributed by atoms with E-state index < -0.39 is 20.5 Å². The summed E-state index contributed by atoms with van der Waals surface area (Å²) in [6.45, 7) is 2.67. The zero-order valence-corrected chi connectivity index (χ0v) is 16.5. The van der Waals surface area contributed by atoms with Crippen LogP contribution in [0.25, 0.3) is 0 Å². The van der Waals surface area contributed by atoms with E-state index >= 15 is 0 Å². The third kappa shape index (κ3) is 3.87. The number of halogens is 2. The monoisotopic (exact) mass is 440 g/mol. The van der Waals surface area contributed by atoms with E-state index in [1.54, 1.807) is 12.1 Å². The Kier molecular flexibility index (Phi) is 5.57. The molecule has 0 aliphatic rings. The molecule has 0 aliphatic heterocycles. The van der Waals surface area contributed by atoms with Crippen LogP contribution in [0.2, 0.25) is 5.02 Å². The van der Waals surface area contributed by atoms with Crippen LogP contribution in [0.1, 0.15) is 19.4 Å². The topological polar surface area (TPSA) is 87.0 Å². The smallest absolute Gasteiger partial charge is 0.245 e. The van der Waals surface area contributed by atoms with Crippen molar-refractivity contribution in [3.63, 3.8) is 0 Å². The molecule has 0 fully saturated rings. The van der Waals surface area contributed by atoms with Crippen molar-refractivity contribution in [1.82, 2.24) is 0 Å². The molecular formula is C17H14BrClN2O3S. The minimum absolute atomic E-state index is 0.0460. The van der Waals surface area contributed by atoms with Gasteiger partial charge in [0.25, 0.3) is 0 Å². The Balaban J connectivity index is 2.34. The molecule has 5 nitrogen and oxygen atoms in total. The predicted molar refractivity (Wildman–Crippen MR) is 100 cm³/mol. The lowest BCUT2D eigenvalue weighted by Gasteiger charge is -2.24. The number of nitriles is 1. The molecule has 0 aliphatic carbocycles. The van der Waals surface area contributed by atoms with Crippen molar-refractivity contribution in [1.29, 1.82) is 5.26 Å². The average Bonchev–Trinajstić information content (AvgIpc) is 2.56. The Bertz CT molecular complexity index is 964. The molecule has 0 spiro atoms. The summed E-state index contributed by atoms with van der Waals surface area (Å²) in [4.78, 5) is 12.6. The van der Waals surface area contributed by atoms with Gasteiger partial charge >= 0.3 is 0 Å². The Hall–Kier alpha value is -1.88. The molecule has 0 aromatic heterocycles. The molecular weight excluding hydrogens is 428 g/mol. The zero-order valence-electron chi connectivity index (χ0n) is 13.4. The summed E-state index contributed by atoms with van der Waals surface area (Å²) < 4.78 is 24.7. The summed E-state index contributed by atoms with van der Waals surface area (Å²) in [6, 6.07) is 12.3. The first-order valence-corrected chi connectivity index (χ1v) is 9.76. The fourth-order valence-electron chi connectivity index (χ4n) is 2.00. The summed E-state index contributed by atoms with van der Waals surface area (Å²) in [5.41, 5.74) is 0.484. The van der Waals surface area contributed by atoms with Gasteiger partial charge < -0.3 is 5.32 Å². The number of carbonyl (C=O) groups excluding carboxylic acids is 1. The van der Waals surface area contributed by atoms with Crippen LogP contribution in [0, 0.1) is 11.3 Å². The molecule has 0 bridgehead atoms. The second-order valence-corrected chi connectivity index (χ2v) is 9.55. The summed E-state index contributed by atoms with van der Waals surface area (Å²) in [5.74, 6) is -0.707. The normalized spacial score (nSPS) is 11.6. The van der Waals surface area contributed by atoms with Crippen molar-refractivity contribution < 1.29 is 13.2 Å². The van der Waals surface area contributed by atoms with Crippen LogP contribution in [0.5, 0.6) is 0 Å². The van der Waals surface area contributed by atoms with Crippen molar-refractivity contribution in [3.8, 4) is 6.07 Å². The van der Waals surface area contributed by atoms with E-state index in [0.717, 1.165) is 4.47 Å². The second kappa shape index (κ2) is 7.16. The van der Waals surface area contributed by atoms with Crippen LogP contribution in [-0.4, -0.2) is 19.1 Å². The molecule has 0 radical (unpaired) electrons. The number of anilines is 1. The highest BCUT2D eigenvalue weighted by Crippen LogP contribution is 2.28. The van der Waals surface area contributed by atoms with Crippen LogP contribution in [-0.2, 0) is 14.6 Å². The summed E-state index contributed by atoms with van der Waals surface area (Å²) in [5, 5.41) is 11.8. The van der Waals surface area contributed by atoms with Gasteiger partial charge in [-0.1, -0.05) is 27.5 Å². The first-order valence-electron chi connectivity index (χ1n) is 7.11. The fourth-order valence-corrected chi connectivity index (χ4v) is 3.80. The number of nitrogens with one attached hydrogen (secondary N) is 1. The van der Waals surface area contributed by atoms with Gasteiger partial charge in [-0.3, -0.25) is 4.79 Å². The van der Waals surface area contributed by atoms with Crippen LogP contribution in [0.3, 0.4) is 0 Å².